The average molecular weight is 264 g/mol. The molecule has 0 saturated heterocycles. The predicted molar refractivity (Wildman–Crippen MR) is 76.3 cm³/mol. The number of ether oxygens (including phenoxy) is 1. The van der Waals surface area contributed by atoms with Crippen molar-refractivity contribution in [2.75, 3.05) is 26.7 Å². The zero-order valence-corrected chi connectivity index (χ0v) is 11.8. The van der Waals surface area contributed by atoms with E-state index in [1.54, 1.807) is 13.2 Å². The minimum Gasteiger partial charge on any atom is -0.496 e. The molecule has 4 heteroatoms. The maximum atomic E-state index is 13.7. The van der Waals surface area contributed by atoms with E-state index in [2.05, 4.69) is 23.7 Å². The Hall–Kier alpha value is -1.55. The lowest BCUT2D eigenvalue weighted by molar-refractivity contribution is 0.308. The van der Waals surface area contributed by atoms with Crippen LogP contribution in [0.25, 0.3) is 10.9 Å². The second-order valence-electron chi connectivity index (χ2n) is 4.59. The van der Waals surface area contributed by atoms with E-state index in [9.17, 15) is 4.39 Å². The molecule has 19 heavy (non-hydrogen) atoms. The molecule has 0 bridgehead atoms. The average Bonchev–Trinajstić information content (AvgIpc) is 2.86. The summed E-state index contributed by atoms with van der Waals surface area (Å²) in [6.07, 6.45) is 2.78. The first-order chi connectivity index (χ1) is 9.21. The molecule has 0 aliphatic carbocycles. The third kappa shape index (κ3) is 2.73. The molecule has 0 radical (unpaired) electrons. The molecular formula is C15H21FN2O. The van der Waals surface area contributed by atoms with E-state index >= 15 is 0 Å². The van der Waals surface area contributed by atoms with Crippen LogP contribution in [0.5, 0.6) is 5.75 Å². The number of benzene rings is 1. The van der Waals surface area contributed by atoms with Crippen LogP contribution in [0.1, 0.15) is 19.4 Å². The van der Waals surface area contributed by atoms with Crippen LogP contribution in [-0.4, -0.2) is 36.6 Å². The van der Waals surface area contributed by atoms with Crippen molar-refractivity contribution in [1.82, 2.24) is 9.88 Å². The van der Waals surface area contributed by atoms with Crippen LogP contribution in [0.15, 0.2) is 18.3 Å². The van der Waals surface area contributed by atoms with Gasteiger partial charge in [-0.15, -0.1) is 0 Å². The summed E-state index contributed by atoms with van der Waals surface area (Å²) in [5.41, 5.74) is 1.65. The summed E-state index contributed by atoms with van der Waals surface area (Å²) in [4.78, 5) is 5.37. The van der Waals surface area contributed by atoms with E-state index in [-0.39, 0.29) is 5.82 Å². The van der Waals surface area contributed by atoms with Crippen LogP contribution >= 0.6 is 0 Å². The summed E-state index contributed by atoms with van der Waals surface area (Å²) >= 11 is 0. The molecule has 0 aliphatic rings. The number of aromatic nitrogens is 1. The number of aromatic amines is 1. The Morgan fingerprint density at radius 2 is 2.00 bits per heavy atom. The Labute approximate surface area is 113 Å². The van der Waals surface area contributed by atoms with Gasteiger partial charge in [-0.05, 0) is 37.2 Å². The van der Waals surface area contributed by atoms with Crippen molar-refractivity contribution in [3.05, 3.63) is 29.7 Å². The van der Waals surface area contributed by atoms with Crippen molar-refractivity contribution < 1.29 is 9.13 Å². The predicted octanol–water partition coefficient (Wildman–Crippen LogP) is 3.20. The van der Waals surface area contributed by atoms with Crippen molar-refractivity contribution in [2.24, 2.45) is 0 Å². The third-order valence-corrected chi connectivity index (χ3v) is 3.64. The molecule has 104 valence electrons. The summed E-state index contributed by atoms with van der Waals surface area (Å²) in [5.74, 6) is 0.497. The molecule has 0 aliphatic heterocycles. The first-order valence-corrected chi connectivity index (χ1v) is 6.76. The highest BCUT2D eigenvalue weighted by Gasteiger charge is 2.13. The number of fused-ring (bicyclic) bond motifs is 1. The fraction of sp³-hybridized carbons (Fsp3) is 0.467. The van der Waals surface area contributed by atoms with E-state index in [0.717, 1.165) is 42.8 Å². The van der Waals surface area contributed by atoms with Gasteiger partial charge < -0.3 is 14.6 Å². The van der Waals surface area contributed by atoms with Gasteiger partial charge in [0.15, 0.2) is 0 Å². The molecule has 1 aromatic carbocycles. The van der Waals surface area contributed by atoms with Gasteiger partial charge in [0.05, 0.1) is 12.6 Å². The smallest absolute Gasteiger partial charge is 0.147 e. The molecule has 1 aromatic heterocycles. The summed E-state index contributed by atoms with van der Waals surface area (Å²) in [6, 6.07) is 3.12. The van der Waals surface area contributed by atoms with Crippen LogP contribution in [0.2, 0.25) is 0 Å². The Kier molecular flexibility index (Phi) is 4.43. The molecule has 0 fully saturated rings. The maximum Gasteiger partial charge on any atom is 0.147 e. The largest absolute Gasteiger partial charge is 0.496 e. The molecule has 1 heterocycles. The number of rotatable bonds is 6. The summed E-state index contributed by atoms with van der Waals surface area (Å²) < 4.78 is 19.1. The SMILES string of the molecule is CCN(CC)CCc1c[nH]c2c(F)ccc(OC)c12. The van der Waals surface area contributed by atoms with E-state index in [4.69, 9.17) is 4.74 Å². The number of nitrogens with one attached hydrogen (secondary N) is 1. The molecule has 0 atom stereocenters. The summed E-state index contributed by atoms with van der Waals surface area (Å²) in [7, 11) is 1.62. The molecule has 0 saturated carbocycles. The van der Waals surface area contributed by atoms with Gasteiger partial charge >= 0.3 is 0 Å². The zero-order chi connectivity index (χ0) is 13.8. The van der Waals surface area contributed by atoms with Crippen molar-refractivity contribution >= 4 is 10.9 Å². The highest BCUT2D eigenvalue weighted by molar-refractivity contribution is 5.89. The summed E-state index contributed by atoms with van der Waals surface area (Å²) in [5, 5.41) is 0.870. The molecule has 2 rings (SSSR count). The van der Waals surface area contributed by atoms with Gasteiger partial charge in [0.1, 0.15) is 11.6 Å². The number of methoxy groups -OCH3 is 1. The maximum absolute atomic E-state index is 13.7. The zero-order valence-electron chi connectivity index (χ0n) is 11.8. The van der Waals surface area contributed by atoms with Gasteiger partial charge in [-0.25, -0.2) is 4.39 Å². The Balaban J connectivity index is 2.31. The minimum atomic E-state index is -0.232. The Morgan fingerprint density at radius 3 is 2.63 bits per heavy atom. The number of halogens is 1. The van der Waals surface area contributed by atoms with E-state index in [1.165, 1.54) is 6.07 Å². The van der Waals surface area contributed by atoms with Crippen LogP contribution in [0, 0.1) is 5.82 Å². The van der Waals surface area contributed by atoms with Crippen LogP contribution < -0.4 is 4.74 Å². The highest BCUT2D eigenvalue weighted by atomic mass is 19.1. The third-order valence-electron chi connectivity index (χ3n) is 3.64. The molecule has 0 spiro atoms. The molecule has 2 aromatic rings. The van der Waals surface area contributed by atoms with Gasteiger partial charge in [0.2, 0.25) is 0 Å². The van der Waals surface area contributed by atoms with Crippen LogP contribution in [0.3, 0.4) is 0 Å². The number of H-pyrrole nitrogens is 1. The van der Waals surface area contributed by atoms with Crippen molar-refractivity contribution in [3.8, 4) is 5.75 Å². The lowest BCUT2D eigenvalue weighted by atomic mass is 10.1. The number of hydrogen-bond acceptors (Lipinski definition) is 2. The number of hydrogen-bond donors (Lipinski definition) is 1. The quantitative estimate of drug-likeness (QED) is 0.868. The van der Waals surface area contributed by atoms with E-state index in [0.29, 0.717) is 5.52 Å². The van der Waals surface area contributed by atoms with Gasteiger partial charge in [-0.3, -0.25) is 0 Å². The topological polar surface area (TPSA) is 28.3 Å². The Bertz CT molecular complexity index is 546. The normalized spacial score (nSPS) is 11.4. The monoisotopic (exact) mass is 264 g/mol. The van der Waals surface area contributed by atoms with Gasteiger partial charge in [0.25, 0.3) is 0 Å². The van der Waals surface area contributed by atoms with Crippen LogP contribution in [-0.2, 0) is 6.42 Å². The van der Waals surface area contributed by atoms with Gasteiger partial charge in [-0.1, -0.05) is 13.8 Å². The lowest BCUT2D eigenvalue weighted by Gasteiger charge is -2.17. The van der Waals surface area contributed by atoms with E-state index < -0.39 is 0 Å². The summed E-state index contributed by atoms with van der Waals surface area (Å²) in [6.45, 7) is 7.34. The van der Waals surface area contributed by atoms with E-state index in [1.807, 2.05) is 6.20 Å². The van der Waals surface area contributed by atoms with Crippen molar-refractivity contribution in [3.63, 3.8) is 0 Å². The fourth-order valence-corrected chi connectivity index (χ4v) is 2.44. The standard InChI is InChI=1S/C15H21FN2O/c1-4-18(5-2)9-8-11-10-17-15-12(16)6-7-13(19-3)14(11)15/h6-7,10,17H,4-5,8-9H2,1-3H3. The molecule has 3 nitrogen and oxygen atoms in total. The molecular weight excluding hydrogens is 243 g/mol. The first kappa shape index (κ1) is 13.9. The minimum absolute atomic E-state index is 0.232. The molecule has 1 N–H and O–H groups in total. The van der Waals surface area contributed by atoms with Crippen molar-refractivity contribution in [2.45, 2.75) is 20.3 Å². The number of nitrogens with zero attached hydrogens (tertiary/aromatic N) is 1. The van der Waals surface area contributed by atoms with Crippen LogP contribution in [0.4, 0.5) is 4.39 Å². The molecule has 0 unspecified atom stereocenters. The second-order valence-corrected chi connectivity index (χ2v) is 4.59. The fourth-order valence-electron chi connectivity index (χ4n) is 2.44. The second kappa shape index (κ2) is 6.06. The first-order valence-electron chi connectivity index (χ1n) is 6.76. The lowest BCUT2D eigenvalue weighted by Crippen LogP contribution is -2.25. The molecule has 0 amide bonds. The Morgan fingerprint density at radius 1 is 1.26 bits per heavy atom. The number of likely N-dealkylation sites (N-methyl/N-ethyl adjacent to an activating group) is 1. The van der Waals surface area contributed by atoms with Crippen molar-refractivity contribution in [1.29, 1.82) is 0 Å². The van der Waals surface area contributed by atoms with Gasteiger partial charge in [-0.2, -0.15) is 0 Å². The van der Waals surface area contributed by atoms with Gasteiger partial charge in [0, 0.05) is 18.1 Å². The highest BCUT2D eigenvalue weighted by Crippen LogP contribution is 2.30.